The van der Waals surface area contributed by atoms with Gasteiger partial charge in [0.25, 0.3) is 10.0 Å². The third kappa shape index (κ3) is 4.15. The number of anilines is 2. The van der Waals surface area contributed by atoms with Gasteiger partial charge in [-0.15, -0.1) is 0 Å². The highest BCUT2D eigenvalue weighted by Crippen LogP contribution is 2.51. The quantitative estimate of drug-likeness (QED) is 0.379. The monoisotopic (exact) mass is 524 g/mol. The van der Waals surface area contributed by atoms with Crippen molar-refractivity contribution >= 4 is 37.3 Å². The molecular weight excluding hydrogens is 500 g/mol. The molecule has 0 unspecified atom stereocenters. The molecule has 0 saturated carbocycles. The lowest BCUT2D eigenvalue weighted by atomic mass is 9.77. The van der Waals surface area contributed by atoms with E-state index in [1.165, 1.54) is 0 Å². The minimum atomic E-state index is -3.70. The van der Waals surface area contributed by atoms with Crippen LogP contribution in [0.4, 0.5) is 11.4 Å². The van der Waals surface area contributed by atoms with Gasteiger partial charge in [0.15, 0.2) is 0 Å². The molecule has 0 aromatic heterocycles. The summed E-state index contributed by atoms with van der Waals surface area (Å²) in [4.78, 5) is 0.266. The van der Waals surface area contributed by atoms with Gasteiger partial charge in [0, 0.05) is 27.3 Å². The van der Waals surface area contributed by atoms with Gasteiger partial charge in [-0.2, -0.15) is 0 Å². The first-order valence-corrected chi connectivity index (χ1v) is 13.1. The summed E-state index contributed by atoms with van der Waals surface area (Å²) in [5.41, 5.74) is 4.61. The molecule has 2 N–H and O–H groups in total. The van der Waals surface area contributed by atoms with Crippen LogP contribution in [0.3, 0.4) is 0 Å². The zero-order valence-electron chi connectivity index (χ0n) is 18.4. The second-order valence-corrected chi connectivity index (χ2v) is 11.2. The number of aryl methyl sites for hydroxylation is 1. The van der Waals surface area contributed by atoms with Crippen LogP contribution in [0.15, 0.2) is 82.2 Å². The average molecular weight is 525 g/mol. The zero-order chi connectivity index (χ0) is 23.2. The van der Waals surface area contributed by atoms with Crippen molar-refractivity contribution in [2.24, 2.45) is 5.92 Å². The molecule has 7 heteroatoms. The Labute approximate surface area is 203 Å². The number of fused-ring (bicyclic) bond motifs is 3. The molecule has 0 spiro atoms. The molecule has 3 aromatic carbocycles. The van der Waals surface area contributed by atoms with Crippen molar-refractivity contribution in [1.82, 2.24) is 0 Å². The van der Waals surface area contributed by atoms with E-state index in [1.54, 1.807) is 19.2 Å². The van der Waals surface area contributed by atoms with Crippen LogP contribution in [0.2, 0.25) is 0 Å². The van der Waals surface area contributed by atoms with Crippen LogP contribution >= 0.6 is 15.9 Å². The Morgan fingerprint density at radius 2 is 1.91 bits per heavy atom. The Balaban J connectivity index is 1.51. The molecule has 0 radical (unpaired) electrons. The third-order valence-electron chi connectivity index (χ3n) is 6.44. The van der Waals surface area contributed by atoms with Crippen LogP contribution < -0.4 is 14.8 Å². The summed E-state index contributed by atoms with van der Waals surface area (Å²) in [6.07, 6.45) is 5.30. The average Bonchev–Trinajstić information content (AvgIpc) is 3.28. The van der Waals surface area contributed by atoms with Crippen molar-refractivity contribution < 1.29 is 13.2 Å². The van der Waals surface area contributed by atoms with Crippen molar-refractivity contribution in [3.05, 3.63) is 94.0 Å². The smallest absolute Gasteiger partial charge is 0.261 e. The lowest BCUT2D eigenvalue weighted by Gasteiger charge is -2.38. The predicted octanol–water partition coefficient (Wildman–Crippen LogP) is 6.39. The minimum absolute atomic E-state index is 0.0535. The Bertz CT molecular complexity index is 1350. The maximum absolute atomic E-state index is 13.1. The molecule has 33 heavy (non-hydrogen) atoms. The number of rotatable bonds is 5. The standard InChI is InChI=1S/C26H25BrN2O3S/c1-16-5-3-6-18(13-16)29-33(30,31)19-10-11-24-22(15-19)20-7-4-8-21(20)26(28-24)23-14-17(27)9-12-25(23)32-2/h3-7,9-15,20-21,26,28-29H,8H2,1-2H3/t20-,21+,26-/m0/s1. The van der Waals surface area contributed by atoms with Gasteiger partial charge in [-0.3, -0.25) is 4.72 Å². The number of sulfonamides is 1. The van der Waals surface area contributed by atoms with E-state index in [0.29, 0.717) is 5.69 Å². The fraction of sp³-hybridized carbons (Fsp3) is 0.231. The number of methoxy groups -OCH3 is 1. The summed E-state index contributed by atoms with van der Waals surface area (Å²) in [6.45, 7) is 1.94. The fourth-order valence-electron chi connectivity index (χ4n) is 4.92. The SMILES string of the molecule is COc1ccc(Br)cc1[C@H]1Nc2ccc(S(=O)(=O)Nc3cccc(C)c3)cc2[C@H]2C=CC[C@H]21. The van der Waals surface area contributed by atoms with E-state index in [0.717, 1.165) is 39.0 Å². The number of hydrogen-bond donors (Lipinski definition) is 2. The molecule has 0 amide bonds. The van der Waals surface area contributed by atoms with Crippen LogP contribution in [0.1, 0.15) is 35.1 Å². The second-order valence-electron chi connectivity index (χ2n) is 8.59. The predicted molar refractivity (Wildman–Crippen MR) is 135 cm³/mol. The van der Waals surface area contributed by atoms with Crippen LogP contribution in [0, 0.1) is 12.8 Å². The molecule has 5 nitrogen and oxygen atoms in total. The Morgan fingerprint density at radius 1 is 1.06 bits per heavy atom. The zero-order valence-corrected chi connectivity index (χ0v) is 20.8. The molecular formula is C26H25BrN2O3S. The second kappa shape index (κ2) is 8.54. The van der Waals surface area contributed by atoms with Crippen molar-refractivity contribution in [2.45, 2.75) is 30.2 Å². The van der Waals surface area contributed by atoms with Gasteiger partial charge in [0.1, 0.15) is 5.75 Å². The maximum atomic E-state index is 13.1. The molecule has 0 fully saturated rings. The van der Waals surface area contributed by atoms with E-state index in [9.17, 15) is 8.42 Å². The van der Waals surface area contributed by atoms with Gasteiger partial charge >= 0.3 is 0 Å². The normalized spacial score (nSPS) is 21.1. The van der Waals surface area contributed by atoms with E-state index in [4.69, 9.17) is 4.74 Å². The lowest BCUT2D eigenvalue weighted by molar-refractivity contribution is 0.381. The highest BCUT2D eigenvalue weighted by Gasteiger charge is 2.39. The molecule has 5 rings (SSSR count). The van der Waals surface area contributed by atoms with Gasteiger partial charge < -0.3 is 10.1 Å². The summed E-state index contributed by atoms with van der Waals surface area (Å²) in [5, 5.41) is 3.67. The summed E-state index contributed by atoms with van der Waals surface area (Å²) in [6, 6.07) is 18.8. The molecule has 1 heterocycles. The van der Waals surface area contributed by atoms with Crippen molar-refractivity contribution in [3.8, 4) is 5.75 Å². The van der Waals surface area contributed by atoms with Gasteiger partial charge in [-0.1, -0.05) is 40.2 Å². The molecule has 2 aliphatic rings. The van der Waals surface area contributed by atoms with Crippen molar-refractivity contribution in [1.29, 1.82) is 0 Å². The summed E-state index contributed by atoms with van der Waals surface area (Å²) < 4.78 is 35.6. The molecule has 0 saturated heterocycles. The van der Waals surface area contributed by atoms with E-state index in [1.807, 2.05) is 49.4 Å². The highest BCUT2D eigenvalue weighted by molar-refractivity contribution is 9.10. The third-order valence-corrected chi connectivity index (χ3v) is 8.31. The first-order valence-electron chi connectivity index (χ1n) is 10.9. The van der Waals surface area contributed by atoms with Crippen molar-refractivity contribution in [3.63, 3.8) is 0 Å². The van der Waals surface area contributed by atoms with E-state index in [2.05, 4.69) is 44.2 Å². The van der Waals surface area contributed by atoms with Crippen molar-refractivity contribution in [2.75, 3.05) is 17.1 Å². The van der Waals surface area contributed by atoms with Gasteiger partial charge in [0.2, 0.25) is 0 Å². The van der Waals surface area contributed by atoms with Gasteiger partial charge in [-0.25, -0.2) is 8.42 Å². The fourth-order valence-corrected chi connectivity index (χ4v) is 6.38. The molecule has 3 aromatic rings. The minimum Gasteiger partial charge on any atom is -0.496 e. The number of allylic oxidation sites excluding steroid dienone is 2. The topological polar surface area (TPSA) is 67.4 Å². The van der Waals surface area contributed by atoms with E-state index < -0.39 is 10.0 Å². The highest BCUT2D eigenvalue weighted by atomic mass is 79.9. The van der Waals surface area contributed by atoms with Crippen LogP contribution in [0.5, 0.6) is 5.75 Å². The summed E-state index contributed by atoms with van der Waals surface area (Å²) in [5.74, 6) is 1.23. The molecule has 0 bridgehead atoms. The Kier molecular flexibility index (Phi) is 5.70. The maximum Gasteiger partial charge on any atom is 0.261 e. The molecule has 1 aliphatic carbocycles. The molecule has 170 valence electrons. The van der Waals surface area contributed by atoms with Gasteiger partial charge in [0.05, 0.1) is 18.0 Å². The van der Waals surface area contributed by atoms with E-state index in [-0.39, 0.29) is 22.8 Å². The van der Waals surface area contributed by atoms with Gasteiger partial charge in [-0.05, 0) is 78.9 Å². The number of halogens is 1. The van der Waals surface area contributed by atoms with Crippen LogP contribution in [-0.4, -0.2) is 15.5 Å². The summed E-state index contributed by atoms with van der Waals surface area (Å²) in [7, 11) is -2.02. The first-order chi connectivity index (χ1) is 15.9. The Morgan fingerprint density at radius 3 is 2.70 bits per heavy atom. The van der Waals surface area contributed by atoms with Crippen LogP contribution in [0.25, 0.3) is 0 Å². The summed E-state index contributed by atoms with van der Waals surface area (Å²) >= 11 is 3.59. The van der Waals surface area contributed by atoms with E-state index >= 15 is 0 Å². The number of benzene rings is 3. The molecule has 1 aliphatic heterocycles. The number of nitrogens with one attached hydrogen (secondary N) is 2. The lowest BCUT2D eigenvalue weighted by Crippen LogP contribution is -2.29. The first kappa shape index (κ1) is 22.0. The Hall–Kier alpha value is -2.77. The largest absolute Gasteiger partial charge is 0.496 e. The molecule has 3 atom stereocenters. The van der Waals surface area contributed by atoms with Crippen LogP contribution in [-0.2, 0) is 10.0 Å². The number of ether oxygens (including phenoxy) is 1. The number of hydrogen-bond acceptors (Lipinski definition) is 4.